The topological polar surface area (TPSA) is 67.8 Å². The summed E-state index contributed by atoms with van der Waals surface area (Å²) in [6.45, 7) is 2.60. The number of carbonyl (C=O) groups is 1. The summed E-state index contributed by atoms with van der Waals surface area (Å²) in [7, 11) is 3.24. The zero-order valence-corrected chi connectivity index (χ0v) is 19.3. The third kappa shape index (κ3) is 4.08. The predicted octanol–water partition coefficient (Wildman–Crippen LogP) is 3.85. The van der Waals surface area contributed by atoms with E-state index in [-0.39, 0.29) is 11.4 Å². The minimum Gasteiger partial charge on any atom is -0.493 e. The molecular formula is C26H30N4O3. The van der Waals surface area contributed by atoms with Gasteiger partial charge in [0.15, 0.2) is 11.5 Å². The second kappa shape index (κ2) is 8.89. The smallest absolute Gasteiger partial charge is 0.227 e. The molecule has 2 aliphatic rings. The molecule has 0 bridgehead atoms. The number of rotatable bonds is 5. The number of aromatic nitrogens is 2. The molecule has 172 valence electrons. The number of fused-ring (bicyclic) bond motifs is 1. The number of anilines is 1. The van der Waals surface area contributed by atoms with Gasteiger partial charge in [-0.1, -0.05) is 18.2 Å². The molecule has 1 amide bonds. The van der Waals surface area contributed by atoms with Crippen molar-refractivity contribution < 1.29 is 14.3 Å². The van der Waals surface area contributed by atoms with E-state index in [1.165, 1.54) is 0 Å². The van der Waals surface area contributed by atoms with Gasteiger partial charge >= 0.3 is 0 Å². The van der Waals surface area contributed by atoms with Gasteiger partial charge in [0.1, 0.15) is 5.82 Å². The maximum Gasteiger partial charge on any atom is 0.227 e. The fourth-order valence-electron chi connectivity index (χ4n) is 5.36. The average Bonchev–Trinajstić information content (AvgIpc) is 3.27. The molecule has 0 aliphatic carbocycles. The van der Waals surface area contributed by atoms with Gasteiger partial charge in [-0.25, -0.2) is 4.98 Å². The Morgan fingerprint density at radius 3 is 2.48 bits per heavy atom. The number of benzene rings is 2. The van der Waals surface area contributed by atoms with E-state index in [2.05, 4.69) is 14.8 Å². The Labute approximate surface area is 194 Å². The summed E-state index contributed by atoms with van der Waals surface area (Å²) in [6, 6.07) is 13.7. The van der Waals surface area contributed by atoms with Crippen molar-refractivity contribution in [3.8, 4) is 11.5 Å². The molecule has 0 N–H and O–H groups in total. The SMILES string of the molecule is COc1ccc(CC(=O)N2CCCC23CCN(c2cnc4ccccc4n2)CC3)cc1OC. The Morgan fingerprint density at radius 1 is 0.970 bits per heavy atom. The normalized spacial score (nSPS) is 17.5. The fraction of sp³-hybridized carbons (Fsp3) is 0.423. The van der Waals surface area contributed by atoms with Crippen LogP contribution in [0.15, 0.2) is 48.7 Å². The van der Waals surface area contributed by atoms with Gasteiger partial charge in [-0.3, -0.25) is 9.78 Å². The lowest BCUT2D eigenvalue weighted by atomic mass is 9.84. The number of nitrogens with zero attached hydrogens (tertiary/aromatic N) is 4. The van der Waals surface area contributed by atoms with E-state index in [4.69, 9.17) is 14.5 Å². The van der Waals surface area contributed by atoms with Crippen molar-refractivity contribution in [2.75, 3.05) is 38.8 Å². The van der Waals surface area contributed by atoms with Crippen LogP contribution in [0.4, 0.5) is 5.82 Å². The Balaban J connectivity index is 1.28. The molecule has 2 aliphatic heterocycles. The molecule has 0 atom stereocenters. The number of amides is 1. The molecule has 2 saturated heterocycles. The molecule has 2 aromatic carbocycles. The standard InChI is InChI=1S/C26H30N4O3/c1-32-22-9-8-19(16-23(22)33-2)17-25(31)30-13-5-10-26(30)11-14-29(15-12-26)24-18-27-20-6-3-4-7-21(20)28-24/h3-4,6-9,16,18H,5,10-15,17H2,1-2H3. The Bertz CT molecular complexity index is 1160. The highest BCUT2D eigenvalue weighted by Crippen LogP contribution is 2.40. The summed E-state index contributed by atoms with van der Waals surface area (Å²) < 4.78 is 10.7. The minimum absolute atomic E-state index is 0.0472. The summed E-state index contributed by atoms with van der Waals surface area (Å²) in [6.07, 6.45) is 6.30. The number of likely N-dealkylation sites (tertiary alicyclic amines) is 1. The Morgan fingerprint density at radius 2 is 1.73 bits per heavy atom. The van der Waals surface area contributed by atoms with Crippen molar-refractivity contribution >= 4 is 22.8 Å². The molecule has 0 unspecified atom stereocenters. The molecule has 3 heterocycles. The Kier molecular flexibility index (Phi) is 5.79. The van der Waals surface area contributed by atoms with Gasteiger partial charge in [0, 0.05) is 25.2 Å². The molecule has 0 saturated carbocycles. The second-order valence-corrected chi connectivity index (χ2v) is 8.94. The quantitative estimate of drug-likeness (QED) is 0.593. The maximum absolute atomic E-state index is 13.4. The molecule has 3 aromatic rings. The highest BCUT2D eigenvalue weighted by Gasteiger charge is 2.45. The van der Waals surface area contributed by atoms with Crippen LogP contribution in [0.25, 0.3) is 11.0 Å². The Hall–Kier alpha value is -3.35. The average molecular weight is 447 g/mol. The first-order valence-electron chi connectivity index (χ1n) is 11.6. The van der Waals surface area contributed by atoms with E-state index in [1.54, 1.807) is 14.2 Å². The van der Waals surface area contributed by atoms with Crippen molar-refractivity contribution in [1.29, 1.82) is 0 Å². The number of hydrogen-bond donors (Lipinski definition) is 0. The van der Waals surface area contributed by atoms with Crippen LogP contribution >= 0.6 is 0 Å². The number of hydrogen-bond acceptors (Lipinski definition) is 6. The maximum atomic E-state index is 13.4. The zero-order valence-electron chi connectivity index (χ0n) is 19.3. The first kappa shape index (κ1) is 21.5. The van der Waals surface area contributed by atoms with E-state index < -0.39 is 0 Å². The van der Waals surface area contributed by atoms with Crippen LogP contribution in [0.1, 0.15) is 31.2 Å². The van der Waals surface area contributed by atoms with Gasteiger partial charge in [0.2, 0.25) is 5.91 Å². The summed E-state index contributed by atoms with van der Waals surface area (Å²) >= 11 is 0. The third-order valence-electron chi connectivity index (χ3n) is 7.15. The van der Waals surface area contributed by atoms with Crippen molar-refractivity contribution in [2.45, 2.75) is 37.6 Å². The largest absolute Gasteiger partial charge is 0.493 e. The molecule has 33 heavy (non-hydrogen) atoms. The summed E-state index contributed by atoms with van der Waals surface area (Å²) in [4.78, 5) is 27.2. The monoisotopic (exact) mass is 446 g/mol. The highest BCUT2D eigenvalue weighted by atomic mass is 16.5. The number of methoxy groups -OCH3 is 2. The first-order chi connectivity index (χ1) is 16.1. The van der Waals surface area contributed by atoms with Crippen LogP contribution < -0.4 is 14.4 Å². The van der Waals surface area contributed by atoms with Gasteiger partial charge in [-0.05, 0) is 55.5 Å². The van der Waals surface area contributed by atoms with Gasteiger partial charge in [-0.15, -0.1) is 0 Å². The van der Waals surface area contributed by atoms with Crippen LogP contribution in [-0.2, 0) is 11.2 Å². The van der Waals surface area contributed by atoms with Crippen LogP contribution in [-0.4, -0.2) is 60.2 Å². The van der Waals surface area contributed by atoms with Crippen molar-refractivity contribution in [1.82, 2.24) is 14.9 Å². The van der Waals surface area contributed by atoms with Crippen molar-refractivity contribution in [3.05, 3.63) is 54.2 Å². The van der Waals surface area contributed by atoms with E-state index in [0.717, 1.165) is 67.7 Å². The lowest BCUT2D eigenvalue weighted by Crippen LogP contribution is -2.54. The molecule has 2 fully saturated rings. The van der Waals surface area contributed by atoms with Gasteiger partial charge in [0.25, 0.3) is 0 Å². The molecule has 7 nitrogen and oxygen atoms in total. The number of carbonyl (C=O) groups excluding carboxylic acids is 1. The highest BCUT2D eigenvalue weighted by molar-refractivity contribution is 5.80. The van der Waals surface area contributed by atoms with Crippen LogP contribution in [0.3, 0.4) is 0 Å². The predicted molar refractivity (Wildman–Crippen MR) is 128 cm³/mol. The van der Waals surface area contributed by atoms with E-state index in [9.17, 15) is 4.79 Å². The van der Waals surface area contributed by atoms with Gasteiger partial charge in [-0.2, -0.15) is 0 Å². The van der Waals surface area contributed by atoms with Crippen LogP contribution in [0.2, 0.25) is 0 Å². The fourth-order valence-corrected chi connectivity index (χ4v) is 5.36. The van der Waals surface area contributed by atoms with Gasteiger partial charge in [0.05, 0.1) is 37.9 Å². The second-order valence-electron chi connectivity index (χ2n) is 8.94. The molecule has 0 radical (unpaired) electrons. The van der Waals surface area contributed by atoms with Crippen molar-refractivity contribution in [3.63, 3.8) is 0 Å². The lowest BCUT2D eigenvalue weighted by molar-refractivity contribution is -0.135. The van der Waals surface area contributed by atoms with Crippen LogP contribution in [0.5, 0.6) is 11.5 Å². The number of para-hydroxylation sites is 2. The lowest BCUT2D eigenvalue weighted by Gasteiger charge is -2.45. The van der Waals surface area contributed by atoms with E-state index in [1.807, 2.05) is 48.7 Å². The van der Waals surface area contributed by atoms with E-state index in [0.29, 0.717) is 17.9 Å². The molecule has 5 rings (SSSR count). The summed E-state index contributed by atoms with van der Waals surface area (Å²) in [5.74, 6) is 2.45. The molecule has 1 spiro atoms. The summed E-state index contributed by atoms with van der Waals surface area (Å²) in [5.41, 5.74) is 2.73. The zero-order chi connectivity index (χ0) is 22.8. The number of piperidine rings is 1. The van der Waals surface area contributed by atoms with Crippen LogP contribution in [0, 0.1) is 0 Å². The first-order valence-corrected chi connectivity index (χ1v) is 11.6. The molecule has 1 aromatic heterocycles. The minimum atomic E-state index is -0.0472. The van der Waals surface area contributed by atoms with Crippen molar-refractivity contribution in [2.24, 2.45) is 0 Å². The molecule has 7 heteroatoms. The van der Waals surface area contributed by atoms with Gasteiger partial charge < -0.3 is 19.3 Å². The number of ether oxygens (including phenoxy) is 2. The third-order valence-corrected chi connectivity index (χ3v) is 7.15. The van der Waals surface area contributed by atoms with E-state index >= 15 is 0 Å². The molecular weight excluding hydrogens is 416 g/mol. The summed E-state index contributed by atoms with van der Waals surface area (Å²) in [5, 5.41) is 0.